The first-order chi connectivity index (χ1) is 21.8. The van der Waals surface area contributed by atoms with Gasteiger partial charge in [-0.05, 0) is 66.0 Å². The Kier molecular flexibility index (Phi) is 4.81. The fourth-order valence-electron chi connectivity index (χ4n) is 6.84. The Hall–Kier alpha value is -5.72. The zero-order chi connectivity index (χ0) is 28.8. The zero-order valence-electron chi connectivity index (χ0n) is 23.3. The second-order valence-corrected chi connectivity index (χ2v) is 12.2. The van der Waals surface area contributed by atoms with E-state index in [1.165, 1.54) is 36.5 Å². The van der Waals surface area contributed by atoms with E-state index in [4.69, 9.17) is 14.7 Å². The van der Waals surface area contributed by atoms with Crippen LogP contribution in [0.4, 0.5) is 0 Å². The molecule has 0 spiro atoms. The van der Waals surface area contributed by atoms with Crippen molar-refractivity contribution in [2.75, 3.05) is 0 Å². The molecule has 5 aromatic carbocycles. The standard InChI is InChI=1S/C38H22N4OS/c1-3-12-32-27(9-1)29-11-6-18-39-38(29)42(32)23-7-5-8-24(21-23)43-25-14-15-26-28-16-17-34-35(30-10-2-4-13-33(30)44-34)36(28)41-20-19-40-37(41)31(26)22-25/h1-22H. The number of hydrogen-bond acceptors (Lipinski definition) is 4. The maximum Gasteiger partial charge on any atom is 0.145 e. The Labute approximate surface area is 254 Å². The Bertz CT molecular complexity index is 2720. The van der Waals surface area contributed by atoms with E-state index in [0.29, 0.717) is 0 Å². The molecule has 0 aliphatic carbocycles. The molecule has 5 aromatic heterocycles. The van der Waals surface area contributed by atoms with Crippen molar-refractivity contribution < 1.29 is 4.74 Å². The second kappa shape index (κ2) is 8.89. The molecule has 0 unspecified atom stereocenters. The number of fused-ring (bicyclic) bond motifs is 13. The van der Waals surface area contributed by atoms with E-state index in [1.54, 1.807) is 0 Å². The highest BCUT2D eigenvalue weighted by Gasteiger charge is 2.17. The molecule has 44 heavy (non-hydrogen) atoms. The van der Waals surface area contributed by atoms with E-state index < -0.39 is 0 Å². The summed E-state index contributed by atoms with van der Waals surface area (Å²) in [5.41, 5.74) is 5.16. The van der Waals surface area contributed by atoms with Crippen molar-refractivity contribution in [3.63, 3.8) is 0 Å². The number of rotatable bonds is 3. The lowest BCUT2D eigenvalue weighted by atomic mass is 10.0. The number of nitrogens with zero attached hydrogens (tertiary/aromatic N) is 4. The minimum Gasteiger partial charge on any atom is -0.457 e. The molecule has 5 heterocycles. The van der Waals surface area contributed by atoms with Gasteiger partial charge in [0.2, 0.25) is 0 Å². The SMILES string of the molecule is c1cc(Oc2ccc3c(c2)c2nccn2c2c3ccc3sc4ccccc4c32)cc(-n2c3ccccc3c3cccnc32)c1. The number of pyridine rings is 2. The van der Waals surface area contributed by atoms with Crippen LogP contribution in [0.1, 0.15) is 0 Å². The molecule has 0 radical (unpaired) electrons. The average molecular weight is 583 g/mol. The van der Waals surface area contributed by atoms with Gasteiger partial charge in [-0.25, -0.2) is 9.97 Å². The molecule has 0 aliphatic rings. The average Bonchev–Trinajstić information content (AvgIpc) is 3.79. The normalized spacial score (nSPS) is 12.1. The van der Waals surface area contributed by atoms with E-state index in [0.717, 1.165) is 50.2 Å². The summed E-state index contributed by atoms with van der Waals surface area (Å²) in [4.78, 5) is 9.56. The van der Waals surface area contributed by atoms with E-state index in [2.05, 4.69) is 112 Å². The van der Waals surface area contributed by atoms with Crippen molar-refractivity contribution in [1.82, 2.24) is 18.9 Å². The van der Waals surface area contributed by atoms with Crippen LogP contribution >= 0.6 is 11.3 Å². The first-order valence-electron chi connectivity index (χ1n) is 14.6. The molecule has 0 amide bonds. The van der Waals surface area contributed by atoms with Crippen molar-refractivity contribution >= 4 is 80.8 Å². The van der Waals surface area contributed by atoms with Gasteiger partial charge in [0.05, 0.1) is 16.7 Å². The zero-order valence-corrected chi connectivity index (χ0v) is 24.1. The quantitative estimate of drug-likeness (QED) is 0.195. The third-order valence-electron chi connectivity index (χ3n) is 8.66. The second-order valence-electron chi connectivity index (χ2n) is 11.1. The predicted octanol–water partition coefficient (Wildman–Crippen LogP) is 10.3. The fourth-order valence-corrected chi connectivity index (χ4v) is 7.94. The lowest BCUT2D eigenvalue weighted by Crippen LogP contribution is -1.96. The van der Waals surface area contributed by atoms with Gasteiger partial charge in [0.1, 0.15) is 22.8 Å². The number of hydrogen-bond donors (Lipinski definition) is 0. The first-order valence-corrected chi connectivity index (χ1v) is 15.4. The van der Waals surface area contributed by atoms with Gasteiger partial charge in [0, 0.05) is 66.4 Å². The molecule has 0 N–H and O–H groups in total. The molecule has 10 rings (SSSR count). The molecule has 0 aliphatic heterocycles. The van der Waals surface area contributed by atoms with Crippen molar-refractivity contribution in [1.29, 1.82) is 0 Å². The van der Waals surface area contributed by atoms with Crippen LogP contribution in [-0.4, -0.2) is 18.9 Å². The molecule has 0 saturated heterocycles. The van der Waals surface area contributed by atoms with E-state index in [-0.39, 0.29) is 0 Å². The maximum atomic E-state index is 6.53. The van der Waals surface area contributed by atoms with Gasteiger partial charge >= 0.3 is 0 Å². The fraction of sp³-hybridized carbons (Fsp3) is 0. The predicted molar refractivity (Wildman–Crippen MR) is 182 cm³/mol. The molecule has 10 aromatic rings. The summed E-state index contributed by atoms with van der Waals surface area (Å²) in [7, 11) is 0. The number of para-hydroxylation sites is 1. The molecule has 206 valence electrons. The van der Waals surface area contributed by atoms with Crippen LogP contribution in [0.2, 0.25) is 0 Å². The summed E-state index contributed by atoms with van der Waals surface area (Å²) in [6.07, 6.45) is 5.80. The molecule has 5 nitrogen and oxygen atoms in total. The molecule has 0 bridgehead atoms. The Morgan fingerprint density at radius 1 is 0.545 bits per heavy atom. The van der Waals surface area contributed by atoms with E-state index >= 15 is 0 Å². The number of aromatic nitrogens is 4. The van der Waals surface area contributed by atoms with Gasteiger partial charge in [-0.2, -0.15) is 0 Å². The van der Waals surface area contributed by atoms with Gasteiger partial charge in [0.25, 0.3) is 0 Å². The minimum atomic E-state index is 0.760. The van der Waals surface area contributed by atoms with E-state index in [9.17, 15) is 0 Å². The summed E-state index contributed by atoms with van der Waals surface area (Å²) >= 11 is 1.84. The highest BCUT2D eigenvalue weighted by Crippen LogP contribution is 2.42. The number of imidazole rings is 1. The van der Waals surface area contributed by atoms with Crippen LogP contribution < -0.4 is 4.74 Å². The van der Waals surface area contributed by atoms with Crippen molar-refractivity contribution in [3.05, 3.63) is 134 Å². The molecule has 0 saturated carbocycles. The molecular weight excluding hydrogens is 561 g/mol. The number of ether oxygens (including phenoxy) is 1. The highest BCUT2D eigenvalue weighted by atomic mass is 32.1. The Morgan fingerprint density at radius 2 is 1.36 bits per heavy atom. The monoisotopic (exact) mass is 582 g/mol. The number of thiophene rings is 1. The largest absolute Gasteiger partial charge is 0.457 e. The van der Waals surface area contributed by atoms with Gasteiger partial charge in [-0.15, -0.1) is 11.3 Å². The van der Waals surface area contributed by atoms with Crippen LogP contribution in [0, 0.1) is 0 Å². The third-order valence-corrected chi connectivity index (χ3v) is 9.80. The van der Waals surface area contributed by atoms with Gasteiger partial charge in [-0.3, -0.25) is 8.97 Å². The van der Waals surface area contributed by atoms with Crippen molar-refractivity contribution in [2.24, 2.45) is 0 Å². The van der Waals surface area contributed by atoms with E-state index in [1.807, 2.05) is 41.9 Å². The van der Waals surface area contributed by atoms with Crippen LogP contribution in [0.15, 0.2) is 134 Å². The summed E-state index contributed by atoms with van der Waals surface area (Å²) in [6, 6.07) is 40.3. The lowest BCUT2D eigenvalue weighted by Gasteiger charge is -2.13. The number of benzene rings is 5. The molecule has 6 heteroatoms. The summed E-state index contributed by atoms with van der Waals surface area (Å²) in [6.45, 7) is 0. The first kappa shape index (κ1) is 23.8. The topological polar surface area (TPSA) is 44.4 Å². The summed E-state index contributed by atoms with van der Waals surface area (Å²) in [5, 5.41) is 8.30. The van der Waals surface area contributed by atoms with Crippen molar-refractivity contribution in [2.45, 2.75) is 0 Å². The summed E-state index contributed by atoms with van der Waals surface area (Å²) in [5.74, 6) is 1.52. The van der Waals surface area contributed by atoms with Crippen LogP contribution in [0.5, 0.6) is 11.5 Å². The molecular formula is C38H22N4OS. The van der Waals surface area contributed by atoms with Crippen molar-refractivity contribution in [3.8, 4) is 17.2 Å². The smallest absolute Gasteiger partial charge is 0.145 e. The van der Waals surface area contributed by atoms with Crippen LogP contribution in [0.3, 0.4) is 0 Å². The van der Waals surface area contributed by atoms with Gasteiger partial charge in [0.15, 0.2) is 0 Å². The maximum absolute atomic E-state index is 6.53. The van der Waals surface area contributed by atoms with Gasteiger partial charge in [-0.1, -0.05) is 48.5 Å². The lowest BCUT2D eigenvalue weighted by molar-refractivity contribution is 0.483. The summed E-state index contributed by atoms with van der Waals surface area (Å²) < 4.78 is 13.6. The van der Waals surface area contributed by atoms with Crippen LogP contribution in [-0.2, 0) is 0 Å². The highest BCUT2D eigenvalue weighted by molar-refractivity contribution is 7.26. The van der Waals surface area contributed by atoms with Crippen LogP contribution in [0.25, 0.3) is 75.1 Å². The molecule has 0 atom stereocenters. The third kappa shape index (κ3) is 3.28. The molecule has 0 fully saturated rings. The Morgan fingerprint density at radius 3 is 2.34 bits per heavy atom. The minimum absolute atomic E-state index is 0.760. The Balaban J connectivity index is 1.13. The van der Waals surface area contributed by atoms with Gasteiger partial charge < -0.3 is 4.74 Å².